The first-order chi connectivity index (χ1) is 12.2. The van der Waals surface area contributed by atoms with E-state index in [0.29, 0.717) is 12.3 Å². The molecule has 1 saturated heterocycles. The van der Waals surface area contributed by atoms with Gasteiger partial charge in [-0.15, -0.1) is 0 Å². The molecule has 1 N–H and O–H groups in total. The molecule has 1 aromatic heterocycles. The lowest BCUT2D eigenvalue weighted by Crippen LogP contribution is -2.30. The van der Waals surface area contributed by atoms with Crippen LogP contribution in [0.3, 0.4) is 0 Å². The summed E-state index contributed by atoms with van der Waals surface area (Å²) in [5, 5.41) is 10.1. The van der Waals surface area contributed by atoms with E-state index in [0.717, 1.165) is 24.4 Å². The smallest absolute Gasteiger partial charge is 0.142 e. The second-order valence-electron chi connectivity index (χ2n) is 6.52. The quantitative estimate of drug-likeness (QED) is 0.771. The van der Waals surface area contributed by atoms with Crippen molar-refractivity contribution in [3.05, 3.63) is 83.8 Å². The summed E-state index contributed by atoms with van der Waals surface area (Å²) in [6, 6.07) is 20.1. The second-order valence-corrected chi connectivity index (χ2v) is 6.52. The van der Waals surface area contributed by atoms with Gasteiger partial charge < -0.3 is 14.4 Å². The fourth-order valence-corrected chi connectivity index (χ4v) is 3.48. The van der Waals surface area contributed by atoms with E-state index in [1.807, 2.05) is 30.3 Å². The number of para-hydroxylation sites is 1. The molecule has 0 saturated carbocycles. The van der Waals surface area contributed by atoms with Crippen molar-refractivity contribution >= 4 is 5.69 Å². The number of benzene rings is 2. The number of hydrogen-bond donors (Lipinski definition) is 1. The number of aromatic hydroxyl groups is 1. The molecule has 1 aliphatic heterocycles. The molecular weight excluding hydrogens is 312 g/mol. The minimum atomic E-state index is 0.0253. The Bertz CT molecular complexity index is 827. The summed E-state index contributed by atoms with van der Waals surface area (Å²) in [5.74, 6) is 1.27. The van der Waals surface area contributed by atoms with Crippen molar-refractivity contribution in [1.29, 1.82) is 0 Å². The van der Waals surface area contributed by atoms with Gasteiger partial charge >= 0.3 is 0 Å². The molecule has 128 valence electrons. The molecule has 1 aliphatic rings. The Kier molecular flexibility index (Phi) is 4.20. The molecule has 2 heterocycles. The maximum absolute atomic E-state index is 10.1. The fourth-order valence-electron chi connectivity index (χ4n) is 3.48. The average molecular weight is 334 g/mol. The summed E-state index contributed by atoms with van der Waals surface area (Å²) >= 11 is 0. The van der Waals surface area contributed by atoms with Gasteiger partial charge in [0.15, 0.2) is 0 Å². The van der Waals surface area contributed by atoms with E-state index in [-0.39, 0.29) is 6.17 Å². The molecule has 4 heteroatoms. The van der Waals surface area contributed by atoms with Crippen LogP contribution >= 0.6 is 0 Å². The monoisotopic (exact) mass is 334 g/mol. The van der Waals surface area contributed by atoms with Crippen molar-refractivity contribution in [2.45, 2.75) is 19.6 Å². The van der Waals surface area contributed by atoms with Crippen LogP contribution in [-0.4, -0.2) is 23.1 Å². The molecular formula is C21H22N2O2. The molecule has 2 aromatic carbocycles. The largest absolute Gasteiger partial charge is 0.508 e. The topological polar surface area (TPSA) is 39.9 Å². The van der Waals surface area contributed by atoms with E-state index in [1.54, 1.807) is 12.3 Å². The van der Waals surface area contributed by atoms with Crippen LogP contribution in [0.1, 0.15) is 23.1 Å². The minimum Gasteiger partial charge on any atom is -0.508 e. The molecule has 1 atom stereocenters. The fraction of sp³-hybridized carbons (Fsp3) is 0.238. The predicted molar refractivity (Wildman–Crippen MR) is 98.5 cm³/mol. The van der Waals surface area contributed by atoms with Crippen molar-refractivity contribution in [1.82, 2.24) is 4.90 Å². The van der Waals surface area contributed by atoms with Gasteiger partial charge in [0.05, 0.1) is 6.26 Å². The number of anilines is 1. The molecule has 1 fully saturated rings. The lowest BCUT2D eigenvalue weighted by molar-refractivity contribution is 0.219. The molecule has 4 rings (SSSR count). The van der Waals surface area contributed by atoms with Crippen LogP contribution in [0.5, 0.6) is 5.75 Å². The van der Waals surface area contributed by atoms with E-state index in [9.17, 15) is 5.11 Å². The van der Waals surface area contributed by atoms with Crippen LogP contribution in [0, 0.1) is 6.92 Å². The van der Waals surface area contributed by atoms with Gasteiger partial charge in [0.1, 0.15) is 17.7 Å². The van der Waals surface area contributed by atoms with Crippen molar-refractivity contribution in [2.75, 3.05) is 18.0 Å². The third-order valence-corrected chi connectivity index (χ3v) is 4.80. The van der Waals surface area contributed by atoms with Crippen LogP contribution in [0.15, 0.2) is 71.3 Å². The maximum Gasteiger partial charge on any atom is 0.142 e. The van der Waals surface area contributed by atoms with Crippen molar-refractivity contribution in [3.8, 4) is 5.75 Å². The maximum atomic E-state index is 10.1. The SMILES string of the molecule is Cc1ccc(N2CCN(Cc3ccccc3O)C2c2ccco2)cc1. The van der Waals surface area contributed by atoms with Crippen molar-refractivity contribution in [3.63, 3.8) is 0 Å². The molecule has 0 spiro atoms. The minimum absolute atomic E-state index is 0.0253. The third kappa shape index (κ3) is 3.13. The first-order valence-electron chi connectivity index (χ1n) is 8.60. The van der Waals surface area contributed by atoms with Crippen LogP contribution in [0.4, 0.5) is 5.69 Å². The average Bonchev–Trinajstić information content (AvgIpc) is 3.27. The number of phenolic OH excluding ortho intramolecular Hbond substituents is 1. The van der Waals surface area contributed by atoms with Crippen LogP contribution in [0.2, 0.25) is 0 Å². The van der Waals surface area contributed by atoms with Gasteiger partial charge in [0.2, 0.25) is 0 Å². The summed E-state index contributed by atoms with van der Waals surface area (Å²) in [7, 11) is 0. The molecule has 1 unspecified atom stereocenters. The highest BCUT2D eigenvalue weighted by atomic mass is 16.3. The van der Waals surface area contributed by atoms with Gasteiger partial charge in [-0.25, -0.2) is 0 Å². The van der Waals surface area contributed by atoms with Crippen LogP contribution in [0.25, 0.3) is 0 Å². The Hall–Kier alpha value is -2.72. The summed E-state index contributed by atoms with van der Waals surface area (Å²) in [4.78, 5) is 4.70. The summed E-state index contributed by atoms with van der Waals surface area (Å²) in [6.07, 6.45) is 1.75. The highest BCUT2D eigenvalue weighted by Crippen LogP contribution is 2.36. The number of phenols is 1. The lowest BCUT2D eigenvalue weighted by atomic mass is 10.1. The van der Waals surface area contributed by atoms with E-state index >= 15 is 0 Å². The first kappa shape index (κ1) is 15.8. The van der Waals surface area contributed by atoms with E-state index < -0.39 is 0 Å². The summed E-state index contributed by atoms with van der Waals surface area (Å²) < 4.78 is 5.75. The van der Waals surface area contributed by atoms with E-state index in [4.69, 9.17) is 4.42 Å². The van der Waals surface area contributed by atoms with E-state index in [1.165, 1.54) is 11.3 Å². The standard InChI is InChI=1S/C21H22N2O2/c1-16-8-10-18(11-9-16)23-13-12-22(21(23)20-7-4-14-25-20)15-17-5-2-3-6-19(17)24/h2-11,14,21,24H,12-13,15H2,1H3. The van der Waals surface area contributed by atoms with Gasteiger partial charge in [-0.1, -0.05) is 35.9 Å². The zero-order valence-electron chi connectivity index (χ0n) is 14.3. The van der Waals surface area contributed by atoms with Gasteiger partial charge in [-0.2, -0.15) is 0 Å². The Balaban J connectivity index is 1.66. The lowest BCUT2D eigenvalue weighted by Gasteiger charge is -2.30. The van der Waals surface area contributed by atoms with Crippen LogP contribution in [-0.2, 0) is 6.54 Å². The third-order valence-electron chi connectivity index (χ3n) is 4.80. The number of aryl methyl sites for hydroxylation is 1. The second kappa shape index (κ2) is 6.65. The van der Waals surface area contributed by atoms with Crippen molar-refractivity contribution < 1.29 is 9.52 Å². The molecule has 0 amide bonds. The Labute approximate surface area is 147 Å². The van der Waals surface area contributed by atoms with Gasteiger partial charge in [-0.3, -0.25) is 4.90 Å². The predicted octanol–water partition coefficient (Wildman–Crippen LogP) is 4.31. The Morgan fingerprint density at radius 2 is 1.80 bits per heavy atom. The van der Waals surface area contributed by atoms with Gasteiger partial charge in [0, 0.05) is 30.9 Å². The Morgan fingerprint density at radius 1 is 1.00 bits per heavy atom. The molecule has 0 aliphatic carbocycles. The van der Waals surface area contributed by atoms with Crippen LogP contribution < -0.4 is 4.90 Å². The molecule has 3 aromatic rings. The van der Waals surface area contributed by atoms with Gasteiger partial charge in [0.25, 0.3) is 0 Å². The molecule has 4 nitrogen and oxygen atoms in total. The zero-order valence-corrected chi connectivity index (χ0v) is 14.3. The number of rotatable bonds is 4. The zero-order chi connectivity index (χ0) is 17.2. The molecule has 0 radical (unpaired) electrons. The normalized spacial score (nSPS) is 18.0. The molecule has 25 heavy (non-hydrogen) atoms. The first-order valence-corrected chi connectivity index (χ1v) is 8.60. The number of furan rings is 1. The number of nitrogens with zero attached hydrogens (tertiary/aromatic N) is 2. The Morgan fingerprint density at radius 3 is 2.52 bits per heavy atom. The highest BCUT2D eigenvalue weighted by Gasteiger charge is 2.35. The summed E-state index contributed by atoms with van der Waals surface area (Å²) in [5.41, 5.74) is 3.38. The van der Waals surface area contributed by atoms with Crippen molar-refractivity contribution in [2.24, 2.45) is 0 Å². The van der Waals surface area contributed by atoms with E-state index in [2.05, 4.69) is 41.0 Å². The summed E-state index contributed by atoms with van der Waals surface area (Å²) in [6.45, 7) is 4.61. The molecule has 0 bridgehead atoms. The number of hydrogen-bond acceptors (Lipinski definition) is 4. The van der Waals surface area contributed by atoms with Gasteiger partial charge in [-0.05, 0) is 37.3 Å². The highest BCUT2D eigenvalue weighted by molar-refractivity contribution is 5.50.